The molecule has 20 heavy (non-hydrogen) atoms. The lowest BCUT2D eigenvalue weighted by Crippen LogP contribution is -2.47. The first-order valence-corrected chi connectivity index (χ1v) is 9.40. The molecular weight excluding hydrogens is 242 g/mol. The first-order valence-electron chi connectivity index (χ1n) is 9.40. The molecule has 0 aromatic rings. The predicted octanol–water partition coefficient (Wildman–Crippen LogP) is 4.75. The van der Waals surface area contributed by atoms with Crippen molar-refractivity contribution in [2.75, 3.05) is 0 Å². The Morgan fingerprint density at radius 2 is 1.45 bits per heavy atom. The summed E-state index contributed by atoms with van der Waals surface area (Å²) < 4.78 is 0. The van der Waals surface area contributed by atoms with Gasteiger partial charge in [-0.1, -0.05) is 6.92 Å². The highest BCUT2D eigenvalue weighted by atomic mass is 14.7. The van der Waals surface area contributed by atoms with Gasteiger partial charge in [-0.25, -0.2) is 0 Å². The minimum Gasteiger partial charge on any atom is -0.325 e. The van der Waals surface area contributed by atoms with Crippen molar-refractivity contribution in [1.82, 2.24) is 0 Å². The number of rotatable bonds is 3. The topological polar surface area (TPSA) is 26.0 Å². The molecule has 0 unspecified atom stereocenters. The van der Waals surface area contributed by atoms with Crippen LogP contribution >= 0.6 is 0 Å². The van der Waals surface area contributed by atoms with Crippen LogP contribution in [0.5, 0.6) is 0 Å². The Kier molecular flexibility index (Phi) is 3.41. The summed E-state index contributed by atoms with van der Waals surface area (Å²) in [6, 6.07) is 0. The van der Waals surface area contributed by atoms with Crippen LogP contribution < -0.4 is 5.73 Å². The van der Waals surface area contributed by atoms with E-state index >= 15 is 0 Å². The normalized spacial score (nSPS) is 54.3. The zero-order chi connectivity index (χ0) is 13.7. The highest BCUT2D eigenvalue weighted by Gasteiger charge is 2.48. The lowest BCUT2D eigenvalue weighted by atomic mass is 9.51. The van der Waals surface area contributed by atoms with E-state index in [1.165, 1.54) is 38.5 Å². The molecule has 5 saturated carbocycles. The monoisotopic (exact) mass is 275 g/mol. The van der Waals surface area contributed by atoms with Crippen molar-refractivity contribution in [3.05, 3.63) is 0 Å². The van der Waals surface area contributed by atoms with Crippen LogP contribution in [-0.2, 0) is 0 Å². The van der Waals surface area contributed by atoms with Crippen molar-refractivity contribution in [3.8, 4) is 0 Å². The first-order chi connectivity index (χ1) is 9.61. The summed E-state index contributed by atoms with van der Waals surface area (Å²) in [6.07, 6.45) is 16.0. The van der Waals surface area contributed by atoms with Gasteiger partial charge in [0.05, 0.1) is 0 Å². The van der Waals surface area contributed by atoms with Gasteiger partial charge in [-0.05, 0) is 106 Å². The van der Waals surface area contributed by atoms with Gasteiger partial charge in [-0.2, -0.15) is 0 Å². The molecule has 5 aliphatic rings. The molecule has 0 saturated heterocycles. The Labute approximate surface area is 125 Å². The summed E-state index contributed by atoms with van der Waals surface area (Å²) >= 11 is 0. The van der Waals surface area contributed by atoms with Gasteiger partial charge in [-0.3, -0.25) is 0 Å². The van der Waals surface area contributed by atoms with Crippen LogP contribution in [0, 0.1) is 35.5 Å². The Bertz CT molecular complexity index is 325. The summed E-state index contributed by atoms with van der Waals surface area (Å²) in [6.45, 7) is 2.40. The molecule has 5 aliphatic carbocycles. The summed E-state index contributed by atoms with van der Waals surface area (Å²) in [5.41, 5.74) is 6.93. The van der Waals surface area contributed by atoms with Gasteiger partial charge in [0.25, 0.3) is 0 Å². The third kappa shape index (κ3) is 2.45. The van der Waals surface area contributed by atoms with Gasteiger partial charge >= 0.3 is 0 Å². The zero-order valence-electron chi connectivity index (χ0n) is 13.3. The van der Waals surface area contributed by atoms with Crippen LogP contribution in [0.4, 0.5) is 0 Å². The summed E-state index contributed by atoms with van der Waals surface area (Å²) in [7, 11) is 0. The number of hydrogen-bond donors (Lipinski definition) is 1. The molecule has 1 nitrogen and oxygen atoms in total. The van der Waals surface area contributed by atoms with Gasteiger partial charge in [0.15, 0.2) is 0 Å². The molecule has 1 heteroatoms. The van der Waals surface area contributed by atoms with Crippen molar-refractivity contribution in [2.24, 2.45) is 41.2 Å². The standard InChI is InChI=1S/C19H33N/c1-13-2-5-19(20,6-3-13)7-4-18-16-9-14-8-15(11-16)12-17(18)10-14/h13-18H,2-12,20H2,1H3. The molecular formula is C19H33N. The van der Waals surface area contributed by atoms with Gasteiger partial charge < -0.3 is 5.73 Å². The fourth-order valence-corrected chi connectivity index (χ4v) is 6.55. The van der Waals surface area contributed by atoms with Crippen molar-refractivity contribution in [3.63, 3.8) is 0 Å². The maximum Gasteiger partial charge on any atom is 0.0154 e. The fraction of sp³-hybridized carbons (Fsp3) is 1.00. The molecule has 2 N–H and O–H groups in total. The number of nitrogens with two attached hydrogens (primary N) is 1. The molecule has 0 aliphatic heterocycles. The van der Waals surface area contributed by atoms with E-state index in [0.717, 1.165) is 35.5 Å². The summed E-state index contributed by atoms with van der Waals surface area (Å²) in [5, 5.41) is 0. The Morgan fingerprint density at radius 3 is 2.00 bits per heavy atom. The average molecular weight is 275 g/mol. The quantitative estimate of drug-likeness (QED) is 0.790. The van der Waals surface area contributed by atoms with Crippen LogP contribution in [0.2, 0.25) is 0 Å². The van der Waals surface area contributed by atoms with Crippen molar-refractivity contribution in [1.29, 1.82) is 0 Å². The average Bonchev–Trinajstić information content (AvgIpc) is 2.41. The molecule has 0 atom stereocenters. The third-order valence-electron chi connectivity index (χ3n) is 7.67. The van der Waals surface area contributed by atoms with E-state index in [2.05, 4.69) is 6.92 Å². The largest absolute Gasteiger partial charge is 0.325 e. The lowest BCUT2D eigenvalue weighted by molar-refractivity contribution is -0.0430. The number of hydrogen-bond acceptors (Lipinski definition) is 1. The maximum atomic E-state index is 6.72. The van der Waals surface area contributed by atoms with Crippen molar-refractivity contribution < 1.29 is 0 Å². The highest BCUT2D eigenvalue weighted by Crippen LogP contribution is 2.58. The van der Waals surface area contributed by atoms with Crippen LogP contribution in [0.25, 0.3) is 0 Å². The molecule has 114 valence electrons. The molecule has 0 amide bonds. The summed E-state index contributed by atoms with van der Waals surface area (Å²) in [5.74, 6) is 6.41. The molecule has 5 fully saturated rings. The van der Waals surface area contributed by atoms with Crippen LogP contribution in [0.15, 0.2) is 0 Å². The van der Waals surface area contributed by atoms with E-state index in [0.29, 0.717) is 0 Å². The van der Waals surface area contributed by atoms with E-state index in [9.17, 15) is 0 Å². The summed E-state index contributed by atoms with van der Waals surface area (Å²) in [4.78, 5) is 0. The van der Waals surface area contributed by atoms with Gasteiger partial charge in [0.2, 0.25) is 0 Å². The second-order valence-corrected chi connectivity index (χ2v) is 9.18. The van der Waals surface area contributed by atoms with Crippen LogP contribution in [-0.4, -0.2) is 5.54 Å². The molecule has 0 heterocycles. The van der Waals surface area contributed by atoms with E-state index in [1.807, 2.05) is 0 Å². The van der Waals surface area contributed by atoms with Gasteiger partial charge in [0, 0.05) is 5.54 Å². The smallest absolute Gasteiger partial charge is 0.0154 e. The molecule has 4 bridgehead atoms. The minimum absolute atomic E-state index is 0.209. The fourth-order valence-electron chi connectivity index (χ4n) is 6.55. The second-order valence-electron chi connectivity index (χ2n) is 9.18. The van der Waals surface area contributed by atoms with Gasteiger partial charge in [0.1, 0.15) is 0 Å². The zero-order valence-corrected chi connectivity index (χ0v) is 13.3. The van der Waals surface area contributed by atoms with Crippen molar-refractivity contribution >= 4 is 0 Å². The molecule has 0 spiro atoms. The second kappa shape index (κ2) is 5.00. The van der Waals surface area contributed by atoms with E-state index in [4.69, 9.17) is 5.73 Å². The van der Waals surface area contributed by atoms with E-state index in [-0.39, 0.29) is 5.54 Å². The maximum absolute atomic E-state index is 6.72. The molecule has 0 aromatic heterocycles. The SMILES string of the molecule is CC1CCC(N)(CCC2C3CC4CC(C3)CC2C4)CC1. The third-order valence-corrected chi connectivity index (χ3v) is 7.67. The van der Waals surface area contributed by atoms with E-state index in [1.54, 1.807) is 32.1 Å². The minimum atomic E-state index is 0.209. The van der Waals surface area contributed by atoms with E-state index < -0.39 is 0 Å². The van der Waals surface area contributed by atoms with Crippen LogP contribution in [0.1, 0.15) is 77.6 Å². The first kappa shape index (κ1) is 13.6. The Balaban J connectivity index is 1.35. The Hall–Kier alpha value is -0.0400. The Morgan fingerprint density at radius 1 is 0.900 bits per heavy atom. The highest BCUT2D eigenvalue weighted by molar-refractivity contribution is 4.99. The lowest BCUT2D eigenvalue weighted by Gasteiger charge is -2.55. The van der Waals surface area contributed by atoms with Crippen molar-refractivity contribution in [2.45, 2.75) is 83.1 Å². The predicted molar refractivity (Wildman–Crippen MR) is 84.3 cm³/mol. The molecule has 0 radical (unpaired) electrons. The van der Waals surface area contributed by atoms with Gasteiger partial charge in [-0.15, -0.1) is 0 Å². The molecule has 5 rings (SSSR count). The van der Waals surface area contributed by atoms with Crippen LogP contribution in [0.3, 0.4) is 0 Å². The molecule has 0 aromatic carbocycles.